The highest BCUT2D eigenvalue weighted by Crippen LogP contribution is 2.67. The Labute approximate surface area is 282 Å². The second kappa shape index (κ2) is 11.9. The highest BCUT2D eigenvalue weighted by Gasteiger charge is 2.81. The molecule has 0 aromatic heterocycles. The number of aliphatic hydroxyl groups is 3. The Balaban J connectivity index is 1.58. The first-order valence-electron chi connectivity index (χ1n) is 16.3. The molecule has 2 saturated carbocycles. The van der Waals surface area contributed by atoms with Gasteiger partial charge < -0.3 is 34.4 Å². The third-order valence-corrected chi connectivity index (χ3v) is 11.5. The average Bonchev–Trinajstić information content (AvgIpc) is 3.00. The Morgan fingerprint density at radius 3 is 2.39 bits per heavy atom. The minimum atomic E-state index is -4.79. The Morgan fingerprint density at radius 2 is 1.80 bits per heavy atom. The van der Waals surface area contributed by atoms with E-state index in [-0.39, 0.29) is 30.7 Å². The summed E-state index contributed by atoms with van der Waals surface area (Å²) in [6.45, 7) is 11.9. The van der Waals surface area contributed by atoms with Crippen molar-refractivity contribution in [3.63, 3.8) is 0 Å². The van der Waals surface area contributed by atoms with Gasteiger partial charge in [0.05, 0.1) is 30.0 Å². The molecular formula is C35H44F3NO10. The smallest absolute Gasteiger partial charge is 0.416 e. The number of ketones is 2. The molecule has 2 heterocycles. The van der Waals surface area contributed by atoms with Crippen LogP contribution in [0.25, 0.3) is 0 Å². The normalized spacial score (nSPS) is 38.5. The number of fused-ring (bicyclic) bond motifs is 4. The molecule has 5 unspecified atom stereocenters. The van der Waals surface area contributed by atoms with Gasteiger partial charge in [0.2, 0.25) is 0 Å². The van der Waals surface area contributed by atoms with Crippen LogP contribution in [-0.2, 0) is 34.8 Å². The summed E-state index contributed by atoms with van der Waals surface area (Å²) in [6, 6.07) is 2.34. The largest absolute Gasteiger partial charge is 0.465 e. The van der Waals surface area contributed by atoms with Gasteiger partial charge in [-0.1, -0.05) is 26.8 Å². The van der Waals surface area contributed by atoms with E-state index in [1.54, 1.807) is 6.92 Å². The second-order valence-electron chi connectivity index (χ2n) is 15.0. The van der Waals surface area contributed by atoms with Crippen molar-refractivity contribution in [3.05, 3.63) is 42.0 Å². The first-order valence-corrected chi connectivity index (χ1v) is 16.3. The summed E-state index contributed by atoms with van der Waals surface area (Å²) in [7, 11) is 0. The van der Waals surface area contributed by atoms with Gasteiger partial charge in [0, 0.05) is 35.5 Å². The van der Waals surface area contributed by atoms with Gasteiger partial charge in [-0.3, -0.25) is 19.2 Å². The van der Waals surface area contributed by atoms with Crippen LogP contribution in [0.2, 0.25) is 0 Å². The van der Waals surface area contributed by atoms with Crippen LogP contribution in [0.3, 0.4) is 0 Å². The molecular weight excluding hydrogens is 651 g/mol. The molecule has 270 valence electrons. The molecule has 2 aliphatic carbocycles. The highest BCUT2D eigenvalue weighted by molar-refractivity contribution is 6.14. The first kappa shape index (κ1) is 36.9. The zero-order valence-corrected chi connectivity index (χ0v) is 28.4. The summed E-state index contributed by atoms with van der Waals surface area (Å²) in [5.74, 6) is -5.99. The van der Waals surface area contributed by atoms with Crippen LogP contribution < -0.4 is 4.90 Å². The molecule has 14 heteroatoms. The quantitative estimate of drug-likeness (QED) is 0.228. The SMILES string of the molecule is C=C[C@@]1(C)CC(=O)[C@]2(O)C3(C)C(C(O)C(OC(=O)CN4CC(C(=O)OCC)C(=O)c5ccc(C(F)(F)F)cc54)[C@@]2(C)O1)C(C)(C)CC[C@@H]3O. The van der Waals surface area contributed by atoms with E-state index >= 15 is 0 Å². The minimum absolute atomic E-state index is 0.0704. The fourth-order valence-electron chi connectivity index (χ4n) is 9.16. The van der Waals surface area contributed by atoms with Crippen LogP contribution in [0.4, 0.5) is 18.9 Å². The predicted molar refractivity (Wildman–Crippen MR) is 167 cm³/mol. The van der Waals surface area contributed by atoms with Crippen molar-refractivity contribution in [1.29, 1.82) is 0 Å². The van der Waals surface area contributed by atoms with Crippen molar-refractivity contribution in [3.8, 4) is 0 Å². The van der Waals surface area contributed by atoms with Crippen LogP contribution in [0.1, 0.15) is 76.7 Å². The maximum absolute atomic E-state index is 14.1. The molecule has 49 heavy (non-hydrogen) atoms. The number of carbonyl (C=O) groups excluding carboxylic acids is 4. The fourth-order valence-corrected chi connectivity index (χ4v) is 9.16. The standard InChI is InChI=1S/C35H44F3NO10/c1-8-31(5)15-23(41)34(46)32(6)22(40)12-13-30(3,4)27(32)26(44)28(33(34,7)49-31)48-24(42)17-39-16-20(29(45)47-9-2)25(43)19-11-10-18(14-21(19)39)35(36,37)38/h8,10-11,14,20,22,26-28,40,44,46H,1,9,12-13,15-17H2,2-7H3/t20?,22-,26?,27?,28?,31-,32?,33+,34-/m0/s1. The van der Waals surface area contributed by atoms with E-state index in [4.69, 9.17) is 14.2 Å². The molecule has 3 fully saturated rings. The number of aliphatic hydroxyl groups excluding tert-OH is 2. The van der Waals surface area contributed by atoms with E-state index < -0.39 is 106 Å². The minimum Gasteiger partial charge on any atom is -0.465 e. The van der Waals surface area contributed by atoms with Crippen molar-refractivity contribution in [2.75, 3.05) is 24.6 Å². The molecule has 3 N–H and O–H groups in total. The summed E-state index contributed by atoms with van der Waals surface area (Å²) in [4.78, 5) is 55.1. The van der Waals surface area contributed by atoms with Crippen LogP contribution in [-0.4, -0.2) is 93.6 Å². The number of halogens is 3. The molecule has 1 saturated heterocycles. The lowest BCUT2D eigenvalue weighted by Gasteiger charge is -2.71. The Bertz CT molecular complexity index is 1580. The molecule has 2 aliphatic heterocycles. The number of carbonyl (C=O) groups is 4. The average molecular weight is 696 g/mol. The molecule has 0 amide bonds. The molecule has 0 spiro atoms. The highest BCUT2D eigenvalue weighted by atomic mass is 19.4. The van der Waals surface area contributed by atoms with Crippen molar-refractivity contribution in [2.45, 2.75) is 102 Å². The molecule has 9 atom stereocenters. The fraction of sp³-hybridized carbons (Fsp3) is 0.657. The Kier molecular flexibility index (Phi) is 8.96. The Morgan fingerprint density at radius 1 is 1.14 bits per heavy atom. The molecule has 0 radical (unpaired) electrons. The van der Waals surface area contributed by atoms with Crippen LogP contribution in [0, 0.1) is 22.7 Å². The van der Waals surface area contributed by atoms with Gasteiger partial charge in [-0.15, -0.1) is 6.58 Å². The maximum atomic E-state index is 14.1. The van der Waals surface area contributed by atoms with E-state index in [2.05, 4.69) is 6.58 Å². The van der Waals surface area contributed by atoms with E-state index in [0.717, 1.165) is 11.0 Å². The predicted octanol–water partition coefficient (Wildman–Crippen LogP) is 3.40. The van der Waals surface area contributed by atoms with Gasteiger partial charge in [0.25, 0.3) is 0 Å². The number of nitrogens with zero attached hydrogens (tertiary/aromatic N) is 1. The third kappa shape index (κ3) is 5.40. The van der Waals surface area contributed by atoms with Crippen molar-refractivity contribution in [1.82, 2.24) is 0 Å². The van der Waals surface area contributed by atoms with Gasteiger partial charge in [-0.25, -0.2) is 0 Å². The van der Waals surface area contributed by atoms with Crippen molar-refractivity contribution < 1.29 is 61.9 Å². The maximum Gasteiger partial charge on any atom is 0.416 e. The zero-order valence-electron chi connectivity index (χ0n) is 28.4. The third-order valence-electron chi connectivity index (χ3n) is 11.5. The van der Waals surface area contributed by atoms with E-state index in [1.165, 1.54) is 26.8 Å². The summed E-state index contributed by atoms with van der Waals surface area (Å²) < 4.78 is 58.6. The van der Waals surface area contributed by atoms with Gasteiger partial charge in [0.1, 0.15) is 18.1 Å². The second-order valence-corrected chi connectivity index (χ2v) is 15.0. The number of benzene rings is 1. The van der Waals surface area contributed by atoms with Crippen molar-refractivity contribution in [2.24, 2.45) is 22.7 Å². The lowest BCUT2D eigenvalue weighted by Crippen LogP contribution is -2.86. The molecule has 1 aromatic carbocycles. The summed E-state index contributed by atoms with van der Waals surface area (Å²) in [5, 5.41) is 36.2. The lowest BCUT2D eigenvalue weighted by atomic mass is 9.40. The number of anilines is 1. The van der Waals surface area contributed by atoms with E-state index in [9.17, 15) is 47.7 Å². The molecule has 1 aromatic rings. The molecule has 11 nitrogen and oxygen atoms in total. The number of hydrogen-bond acceptors (Lipinski definition) is 11. The number of Topliss-reactive ketones (excluding diaryl/α,β-unsaturated/α-hetero) is 2. The molecule has 0 bridgehead atoms. The monoisotopic (exact) mass is 695 g/mol. The summed E-state index contributed by atoms with van der Waals surface area (Å²) >= 11 is 0. The number of ether oxygens (including phenoxy) is 3. The van der Waals surface area contributed by atoms with Gasteiger partial charge in [-0.05, 0) is 57.2 Å². The first-order chi connectivity index (χ1) is 22.5. The van der Waals surface area contributed by atoms with Crippen molar-refractivity contribution >= 4 is 29.2 Å². The number of hydrogen-bond donors (Lipinski definition) is 3. The Hall–Kier alpha value is -3.33. The van der Waals surface area contributed by atoms with Gasteiger partial charge in [-0.2, -0.15) is 13.2 Å². The van der Waals surface area contributed by atoms with Crippen LogP contribution >= 0.6 is 0 Å². The lowest BCUT2D eigenvalue weighted by molar-refractivity contribution is -0.370. The number of alkyl halides is 3. The summed E-state index contributed by atoms with van der Waals surface area (Å²) in [6.07, 6.45) is -7.76. The topological polar surface area (TPSA) is 160 Å². The molecule has 5 rings (SSSR count). The number of rotatable bonds is 6. The van der Waals surface area contributed by atoms with Crippen LogP contribution in [0.15, 0.2) is 30.9 Å². The van der Waals surface area contributed by atoms with E-state index in [1.807, 2.05) is 13.8 Å². The molecule has 4 aliphatic rings. The number of esters is 2. The van der Waals surface area contributed by atoms with E-state index in [0.29, 0.717) is 18.6 Å². The van der Waals surface area contributed by atoms with Gasteiger partial charge >= 0.3 is 18.1 Å². The van der Waals surface area contributed by atoms with Gasteiger partial charge in [0.15, 0.2) is 23.3 Å². The van der Waals surface area contributed by atoms with Crippen LogP contribution in [0.5, 0.6) is 0 Å². The summed E-state index contributed by atoms with van der Waals surface area (Å²) in [5.41, 5.74) is -10.1. The zero-order chi connectivity index (χ0) is 36.7.